The molecule has 3 fully saturated rings. The van der Waals surface area contributed by atoms with Crippen molar-refractivity contribution >= 4 is 5.78 Å². The van der Waals surface area contributed by atoms with E-state index >= 15 is 4.79 Å². The van der Waals surface area contributed by atoms with Gasteiger partial charge < -0.3 is 20.2 Å². The van der Waals surface area contributed by atoms with E-state index in [0.29, 0.717) is 25.9 Å². The molecule has 8 unspecified atom stereocenters. The fourth-order valence-electron chi connectivity index (χ4n) is 11.0. The Hall–Kier alpha value is -2.57. The number of ketones is 1. The zero-order valence-corrected chi connectivity index (χ0v) is 25.9. The van der Waals surface area contributed by atoms with Crippen molar-refractivity contribution in [3.63, 3.8) is 0 Å². The van der Waals surface area contributed by atoms with Crippen LogP contribution >= 0.6 is 0 Å². The number of aliphatic hydroxyl groups is 3. The van der Waals surface area contributed by atoms with E-state index in [4.69, 9.17) is 0 Å². The maximum atomic E-state index is 15.1. The minimum absolute atomic E-state index is 0.0561. The van der Waals surface area contributed by atoms with Gasteiger partial charge in [-0.15, -0.1) is 0 Å². The molecule has 0 saturated heterocycles. The second-order valence-electron chi connectivity index (χ2n) is 15.0. The fourth-order valence-corrected chi connectivity index (χ4v) is 11.0. The van der Waals surface area contributed by atoms with Crippen LogP contribution in [0, 0.1) is 33.5 Å². The van der Waals surface area contributed by atoms with E-state index in [0.717, 1.165) is 54.4 Å². The summed E-state index contributed by atoms with van der Waals surface area (Å²) in [6, 6.07) is 18.2. The highest BCUT2D eigenvalue weighted by Crippen LogP contribution is 2.78. The summed E-state index contributed by atoms with van der Waals surface area (Å²) in [4.78, 5) is 17.2. The Kier molecular flexibility index (Phi) is 6.76. The van der Waals surface area contributed by atoms with Crippen LogP contribution in [-0.4, -0.2) is 64.5 Å². The van der Waals surface area contributed by atoms with Gasteiger partial charge in [-0.1, -0.05) is 86.7 Å². The van der Waals surface area contributed by atoms with Gasteiger partial charge >= 0.3 is 0 Å². The highest BCUT2D eigenvalue weighted by atomic mass is 16.3. The molecule has 8 rings (SSSR count). The molecule has 6 aliphatic carbocycles. The van der Waals surface area contributed by atoms with Crippen molar-refractivity contribution < 1.29 is 20.1 Å². The molecule has 8 atom stereocenters. The van der Waals surface area contributed by atoms with E-state index in [1.807, 2.05) is 43.4 Å². The zero-order chi connectivity index (χ0) is 30.3. The van der Waals surface area contributed by atoms with Crippen molar-refractivity contribution in [1.29, 1.82) is 0 Å². The molecular weight excluding hydrogens is 534 g/mol. The first-order chi connectivity index (χ1) is 20.5. The normalized spacial score (nSPS) is 41.0. The zero-order valence-electron chi connectivity index (χ0n) is 25.9. The molecule has 43 heavy (non-hydrogen) atoms. The first-order valence-corrected chi connectivity index (χ1v) is 16.4. The molecule has 2 aromatic carbocycles. The standard InChI is InChI=1S/C38H47NO4/c1-34-16-13-27(41)23-36(34)19-20-38(30(24-36)33(42)29-12-8-7-11-28(29)26-9-5-4-6-10-26)31(34)14-17-35(2)32(38)15-18-37(35,43)25-39(3)21-22-40/h4-12,19-20,24,27,31-32,40-41,43H,13-18,21-23,25H2,1-3H3. The maximum Gasteiger partial charge on any atom is 0.190 e. The van der Waals surface area contributed by atoms with Crippen molar-refractivity contribution in [3.05, 3.63) is 84.0 Å². The second-order valence-corrected chi connectivity index (χ2v) is 15.0. The molecule has 0 aliphatic heterocycles. The van der Waals surface area contributed by atoms with Crippen LogP contribution in [0.25, 0.3) is 11.1 Å². The van der Waals surface area contributed by atoms with Crippen LogP contribution in [0.4, 0.5) is 0 Å². The van der Waals surface area contributed by atoms with Gasteiger partial charge in [-0.05, 0) is 80.4 Å². The number of carbonyl (C=O) groups is 1. The average Bonchev–Trinajstić information content (AvgIpc) is 3.27. The van der Waals surface area contributed by atoms with E-state index < -0.39 is 11.0 Å². The number of hydrogen-bond donors (Lipinski definition) is 3. The predicted octanol–water partition coefficient (Wildman–Crippen LogP) is 6.05. The summed E-state index contributed by atoms with van der Waals surface area (Å²) in [5.41, 5.74) is 1.43. The predicted molar refractivity (Wildman–Crippen MR) is 169 cm³/mol. The molecule has 5 heteroatoms. The van der Waals surface area contributed by atoms with Gasteiger partial charge in [-0.2, -0.15) is 0 Å². The SMILES string of the molecule is CN(CCO)CC1(O)CCC2C34C=CC5(C=C3C(=O)c3ccccc3-c3ccccc3)CC(O)CCC5(C)C4CCC21C. The largest absolute Gasteiger partial charge is 0.395 e. The van der Waals surface area contributed by atoms with Crippen LogP contribution in [0.2, 0.25) is 0 Å². The lowest BCUT2D eigenvalue weighted by molar-refractivity contribution is -0.175. The van der Waals surface area contributed by atoms with E-state index in [1.54, 1.807) is 0 Å². The Labute approximate surface area is 256 Å². The molecule has 2 bridgehead atoms. The number of carbonyl (C=O) groups excluding carboxylic acids is 1. The third kappa shape index (κ3) is 3.87. The van der Waals surface area contributed by atoms with Gasteiger partial charge in [-0.25, -0.2) is 0 Å². The van der Waals surface area contributed by atoms with Crippen molar-refractivity contribution in [3.8, 4) is 11.1 Å². The number of likely N-dealkylation sites (N-methyl/N-ethyl adjacent to an activating group) is 1. The van der Waals surface area contributed by atoms with Crippen LogP contribution < -0.4 is 0 Å². The van der Waals surface area contributed by atoms with Crippen molar-refractivity contribution in [2.75, 3.05) is 26.7 Å². The monoisotopic (exact) mass is 581 g/mol. The molecule has 6 aliphatic rings. The summed E-state index contributed by atoms with van der Waals surface area (Å²) in [7, 11) is 1.98. The number of fused-ring (bicyclic) bond motifs is 1. The molecule has 0 aromatic heterocycles. The molecule has 2 aromatic rings. The molecule has 228 valence electrons. The lowest BCUT2D eigenvalue weighted by Gasteiger charge is -2.71. The molecular formula is C38H47NO4. The molecule has 3 N–H and O–H groups in total. The number of aliphatic hydroxyl groups excluding tert-OH is 2. The number of Topliss-reactive ketones (excluding diaryl/α,β-unsaturated/α-hetero) is 1. The molecule has 3 saturated carbocycles. The fraction of sp³-hybridized carbons (Fsp3) is 0.553. The van der Waals surface area contributed by atoms with Crippen LogP contribution in [0.3, 0.4) is 0 Å². The number of benzene rings is 2. The van der Waals surface area contributed by atoms with Gasteiger partial charge in [0.25, 0.3) is 0 Å². The quantitative estimate of drug-likeness (QED) is 0.274. The molecule has 0 radical (unpaired) electrons. The number of allylic oxidation sites excluding steroid dienone is 4. The molecule has 5 nitrogen and oxygen atoms in total. The highest BCUT2D eigenvalue weighted by molar-refractivity contribution is 6.14. The smallest absolute Gasteiger partial charge is 0.190 e. The van der Waals surface area contributed by atoms with E-state index in [9.17, 15) is 15.3 Å². The number of rotatable bonds is 7. The summed E-state index contributed by atoms with van der Waals surface area (Å²) >= 11 is 0. The average molecular weight is 582 g/mol. The molecule has 0 heterocycles. The van der Waals surface area contributed by atoms with Crippen LogP contribution in [0.5, 0.6) is 0 Å². The van der Waals surface area contributed by atoms with Gasteiger partial charge in [0.15, 0.2) is 5.78 Å². The van der Waals surface area contributed by atoms with Crippen molar-refractivity contribution in [1.82, 2.24) is 4.90 Å². The third-order valence-electron chi connectivity index (χ3n) is 13.2. The summed E-state index contributed by atoms with van der Waals surface area (Å²) in [5.74, 6) is 0.469. The Bertz CT molecular complexity index is 1480. The van der Waals surface area contributed by atoms with Crippen molar-refractivity contribution in [2.24, 2.45) is 33.5 Å². The van der Waals surface area contributed by atoms with Gasteiger partial charge in [0.05, 0.1) is 18.3 Å². The summed E-state index contributed by atoms with van der Waals surface area (Å²) in [6.45, 7) is 5.81. The lowest BCUT2D eigenvalue weighted by Crippen LogP contribution is -2.67. The summed E-state index contributed by atoms with van der Waals surface area (Å²) < 4.78 is 0. The van der Waals surface area contributed by atoms with Crippen LogP contribution in [0.1, 0.15) is 69.2 Å². The third-order valence-corrected chi connectivity index (χ3v) is 13.2. The van der Waals surface area contributed by atoms with Gasteiger partial charge in [-0.3, -0.25) is 4.79 Å². The number of hydrogen-bond acceptors (Lipinski definition) is 5. The Morgan fingerprint density at radius 1 is 0.907 bits per heavy atom. The Balaban J connectivity index is 1.40. The lowest BCUT2D eigenvalue weighted by atomic mass is 9.32. The highest BCUT2D eigenvalue weighted by Gasteiger charge is 2.74. The Morgan fingerprint density at radius 2 is 1.58 bits per heavy atom. The van der Waals surface area contributed by atoms with Crippen LogP contribution in [-0.2, 0) is 0 Å². The summed E-state index contributed by atoms with van der Waals surface area (Å²) in [5, 5.41) is 33.0. The number of nitrogens with zero attached hydrogens (tertiary/aromatic N) is 1. The van der Waals surface area contributed by atoms with E-state index in [1.165, 1.54) is 0 Å². The molecule has 2 spiro atoms. The van der Waals surface area contributed by atoms with Crippen LogP contribution in [0.15, 0.2) is 78.4 Å². The second kappa shape index (κ2) is 9.97. The van der Waals surface area contributed by atoms with Crippen molar-refractivity contribution in [2.45, 2.75) is 70.5 Å². The minimum atomic E-state index is -0.902. The Morgan fingerprint density at radius 3 is 2.35 bits per heavy atom. The van der Waals surface area contributed by atoms with Gasteiger partial charge in [0.1, 0.15) is 0 Å². The van der Waals surface area contributed by atoms with E-state index in [2.05, 4.69) is 55.2 Å². The topological polar surface area (TPSA) is 81.0 Å². The minimum Gasteiger partial charge on any atom is -0.395 e. The first-order valence-electron chi connectivity index (χ1n) is 16.4. The maximum absolute atomic E-state index is 15.1. The summed E-state index contributed by atoms with van der Waals surface area (Å²) in [6.07, 6.45) is 12.5. The van der Waals surface area contributed by atoms with E-state index in [-0.39, 0.29) is 46.6 Å². The first kappa shape index (κ1) is 29.2. The molecule has 0 amide bonds. The van der Waals surface area contributed by atoms with Gasteiger partial charge in [0, 0.05) is 40.5 Å². The van der Waals surface area contributed by atoms with Gasteiger partial charge in [0.2, 0.25) is 0 Å².